The average Bonchev–Trinajstić information content (AvgIpc) is 3.14. The summed E-state index contributed by atoms with van der Waals surface area (Å²) in [4.78, 5) is 14.5. The van der Waals surface area contributed by atoms with Crippen molar-refractivity contribution in [3.8, 4) is 0 Å². The van der Waals surface area contributed by atoms with Gasteiger partial charge in [-0.3, -0.25) is 9.69 Å². The Morgan fingerprint density at radius 3 is 3.05 bits per heavy atom. The average molecular weight is 276 g/mol. The molecule has 1 aliphatic carbocycles. The molecule has 1 aromatic rings. The molecule has 20 heavy (non-hydrogen) atoms. The second-order valence-corrected chi connectivity index (χ2v) is 6.07. The number of fused-ring (bicyclic) bond motifs is 2. The number of rotatable bonds is 6. The van der Waals surface area contributed by atoms with Crippen molar-refractivity contribution in [1.82, 2.24) is 14.7 Å². The van der Waals surface area contributed by atoms with Crippen molar-refractivity contribution in [1.29, 1.82) is 0 Å². The van der Waals surface area contributed by atoms with Gasteiger partial charge in [-0.1, -0.05) is 6.92 Å². The van der Waals surface area contributed by atoms with Crippen molar-refractivity contribution in [2.45, 2.75) is 51.6 Å². The lowest BCUT2D eigenvalue weighted by Crippen LogP contribution is -2.34. The van der Waals surface area contributed by atoms with E-state index >= 15 is 0 Å². The van der Waals surface area contributed by atoms with E-state index in [0.29, 0.717) is 6.42 Å². The van der Waals surface area contributed by atoms with E-state index in [-0.39, 0.29) is 5.91 Å². The Morgan fingerprint density at radius 1 is 1.45 bits per heavy atom. The number of aromatic nitrogens is 2. The Morgan fingerprint density at radius 2 is 2.35 bits per heavy atom. The van der Waals surface area contributed by atoms with Crippen LogP contribution in [0.25, 0.3) is 0 Å². The molecule has 2 aliphatic rings. The van der Waals surface area contributed by atoms with Crippen molar-refractivity contribution < 1.29 is 4.79 Å². The third-order valence-electron chi connectivity index (χ3n) is 4.57. The molecule has 1 aromatic heterocycles. The maximum atomic E-state index is 12.1. The van der Waals surface area contributed by atoms with Gasteiger partial charge in [0.25, 0.3) is 0 Å². The van der Waals surface area contributed by atoms with Gasteiger partial charge < -0.3 is 5.32 Å². The summed E-state index contributed by atoms with van der Waals surface area (Å²) in [6.07, 6.45) is 7.41. The highest BCUT2D eigenvalue weighted by atomic mass is 16.1. The number of nitrogens with one attached hydrogen (secondary N) is 1. The Bertz CT molecular complexity index is 470. The zero-order valence-corrected chi connectivity index (χ0v) is 12.2. The van der Waals surface area contributed by atoms with E-state index in [2.05, 4.69) is 22.2 Å². The Labute approximate surface area is 120 Å². The predicted octanol–water partition coefficient (Wildman–Crippen LogP) is 2.11. The summed E-state index contributed by atoms with van der Waals surface area (Å²) in [5.74, 6) is 1.82. The fourth-order valence-electron chi connectivity index (χ4n) is 3.58. The number of aryl methyl sites for hydroxylation is 1. The highest BCUT2D eigenvalue weighted by molar-refractivity contribution is 5.89. The van der Waals surface area contributed by atoms with E-state index in [1.165, 1.54) is 25.8 Å². The summed E-state index contributed by atoms with van der Waals surface area (Å²) in [5, 5.41) is 7.20. The first-order valence-electron chi connectivity index (χ1n) is 7.82. The van der Waals surface area contributed by atoms with E-state index < -0.39 is 0 Å². The Hall–Kier alpha value is -1.36. The van der Waals surface area contributed by atoms with Crippen molar-refractivity contribution in [3.63, 3.8) is 0 Å². The molecule has 0 unspecified atom stereocenters. The van der Waals surface area contributed by atoms with Crippen LogP contribution in [0.2, 0.25) is 0 Å². The van der Waals surface area contributed by atoms with Crippen LogP contribution in [0.3, 0.4) is 0 Å². The minimum absolute atomic E-state index is 0.102. The van der Waals surface area contributed by atoms with Crippen molar-refractivity contribution in [2.24, 2.45) is 5.92 Å². The lowest BCUT2D eigenvalue weighted by atomic mass is 10.1. The summed E-state index contributed by atoms with van der Waals surface area (Å²) >= 11 is 0. The zero-order valence-electron chi connectivity index (χ0n) is 12.2. The molecule has 0 spiro atoms. The molecule has 1 amide bonds. The molecule has 3 rings (SSSR count). The molecule has 0 radical (unpaired) electrons. The molecule has 1 saturated heterocycles. The van der Waals surface area contributed by atoms with Gasteiger partial charge in [0, 0.05) is 38.2 Å². The highest BCUT2D eigenvalue weighted by Gasteiger charge is 2.37. The van der Waals surface area contributed by atoms with Crippen LogP contribution in [-0.4, -0.2) is 39.7 Å². The third kappa shape index (κ3) is 2.87. The SMILES string of the molecule is CCCn1nccc1NC(=O)CCN1C[C@@H]2CC[C@H]1C2. The standard InChI is InChI=1S/C15H24N4O/c1-2-8-19-14(5-7-16-19)17-15(20)6-9-18-11-12-3-4-13(18)10-12/h5,7,12-13H,2-4,6,8-11H2,1H3,(H,17,20)/t12-,13+/m1/s1. The van der Waals surface area contributed by atoms with Gasteiger partial charge >= 0.3 is 0 Å². The van der Waals surface area contributed by atoms with Gasteiger partial charge in [0.05, 0.1) is 6.20 Å². The number of nitrogens with zero attached hydrogens (tertiary/aromatic N) is 3. The summed E-state index contributed by atoms with van der Waals surface area (Å²) in [6, 6.07) is 2.61. The van der Waals surface area contributed by atoms with Gasteiger partial charge in [0.15, 0.2) is 0 Å². The molecule has 5 heteroatoms. The fraction of sp³-hybridized carbons (Fsp3) is 0.733. The Kier molecular flexibility index (Phi) is 4.05. The predicted molar refractivity (Wildman–Crippen MR) is 78.5 cm³/mol. The summed E-state index contributed by atoms with van der Waals surface area (Å²) in [7, 11) is 0. The van der Waals surface area contributed by atoms with Gasteiger partial charge in [0.1, 0.15) is 5.82 Å². The van der Waals surface area contributed by atoms with Gasteiger partial charge in [0.2, 0.25) is 5.91 Å². The molecular formula is C15H24N4O. The first kappa shape index (κ1) is 13.6. The number of carbonyl (C=O) groups excluding carboxylic acids is 1. The molecule has 0 aromatic carbocycles. The van der Waals surface area contributed by atoms with Crippen LogP contribution in [0, 0.1) is 5.92 Å². The number of amides is 1. The number of likely N-dealkylation sites (tertiary alicyclic amines) is 1. The lowest BCUT2D eigenvalue weighted by molar-refractivity contribution is -0.116. The minimum atomic E-state index is 0.102. The van der Waals surface area contributed by atoms with Crippen LogP contribution in [0.15, 0.2) is 12.3 Å². The van der Waals surface area contributed by atoms with Crippen LogP contribution >= 0.6 is 0 Å². The molecular weight excluding hydrogens is 252 g/mol. The Balaban J connectivity index is 1.46. The van der Waals surface area contributed by atoms with Crippen molar-refractivity contribution in [2.75, 3.05) is 18.4 Å². The van der Waals surface area contributed by atoms with E-state index in [0.717, 1.165) is 37.3 Å². The van der Waals surface area contributed by atoms with E-state index in [9.17, 15) is 4.79 Å². The first-order chi connectivity index (χ1) is 9.76. The van der Waals surface area contributed by atoms with Crippen LogP contribution in [0.1, 0.15) is 39.0 Å². The van der Waals surface area contributed by atoms with Crippen LogP contribution in [-0.2, 0) is 11.3 Å². The minimum Gasteiger partial charge on any atom is -0.311 e. The second-order valence-electron chi connectivity index (χ2n) is 6.07. The smallest absolute Gasteiger partial charge is 0.226 e. The largest absolute Gasteiger partial charge is 0.311 e. The van der Waals surface area contributed by atoms with Crippen LogP contribution in [0.4, 0.5) is 5.82 Å². The van der Waals surface area contributed by atoms with Gasteiger partial charge in [-0.2, -0.15) is 5.10 Å². The lowest BCUT2D eigenvalue weighted by Gasteiger charge is -2.26. The number of hydrogen-bond acceptors (Lipinski definition) is 3. The molecule has 5 nitrogen and oxygen atoms in total. The molecule has 1 N–H and O–H groups in total. The van der Waals surface area contributed by atoms with Gasteiger partial charge in [-0.25, -0.2) is 4.68 Å². The maximum Gasteiger partial charge on any atom is 0.226 e. The van der Waals surface area contributed by atoms with E-state index in [4.69, 9.17) is 0 Å². The summed E-state index contributed by atoms with van der Waals surface area (Å²) < 4.78 is 1.86. The first-order valence-corrected chi connectivity index (χ1v) is 7.82. The fourth-order valence-corrected chi connectivity index (χ4v) is 3.58. The van der Waals surface area contributed by atoms with Crippen LogP contribution in [0.5, 0.6) is 0 Å². The van der Waals surface area contributed by atoms with Crippen molar-refractivity contribution in [3.05, 3.63) is 12.3 Å². The third-order valence-corrected chi connectivity index (χ3v) is 4.57. The summed E-state index contributed by atoms with van der Waals surface area (Å²) in [5.41, 5.74) is 0. The van der Waals surface area contributed by atoms with Gasteiger partial charge in [-0.05, 0) is 31.6 Å². The number of carbonyl (C=O) groups is 1. The molecule has 2 heterocycles. The second kappa shape index (κ2) is 5.95. The van der Waals surface area contributed by atoms with Crippen molar-refractivity contribution >= 4 is 11.7 Å². The molecule has 2 atom stereocenters. The molecule has 110 valence electrons. The van der Waals surface area contributed by atoms with E-state index in [1.54, 1.807) is 6.20 Å². The number of piperidine rings is 1. The maximum absolute atomic E-state index is 12.1. The monoisotopic (exact) mass is 276 g/mol. The number of anilines is 1. The molecule has 2 bridgehead atoms. The number of hydrogen-bond donors (Lipinski definition) is 1. The quantitative estimate of drug-likeness (QED) is 0.865. The van der Waals surface area contributed by atoms with E-state index in [1.807, 2.05) is 10.7 Å². The highest BCUT2D eigenvalue weighted by Crippen LogP contribution is 2.37. The topological polar surface area (TPSA) is 50.2 Å². The summed E-state index contributed by atoms with van der Waals surface area (Å²) in [6.45, 7) is 5.05. The molecule has 1 saturated carbocycles. The molecule has 2 fully saturated rings. The normalized spacial score (nSPS) is 25.2. The zero-order chi connectivity index (χ0) is 13.9. The molecule has 1 aliphatic heterocycles. The van der Waals surface area contributed by atoms with Crippen LogP contribution < -0.4 is 5.32 Å². The van der Waals surface area contributed by atoms with Gasteiger partial charge in [-0.15, -0.1) is 0 Å².